The molecule has 0 amide bonds. The number of carboxylic acids is 1. The number of aryl methyl sites for hydroxylation is 1. The SMILES string of the molecule is Cc1c(C(=O)O)ccc2c1nc(Nc1ccc(OC(F)(F)F)cc1)n2C1CC(C)(C)CC(C)(C)C1. The minimum atomic E-state index is -4.76. The molecule has 1 aromatic heterocycles. The van der Waals surface area contributed by atoms with Gasteiger partial charge in [-0.3, -0.25) is 0 Å². The van der Waals surface area contributed by atoms with E-state index in [4.69, 9.17) is 4.98 Å². The fourth-order valence-electron chi connectivity index (χ4n) is 5.82. The molecule has 1 aliphatic carbocycles. The zero-order valence-electron chi connectivity index (χ0n) is 20.5. The first-order valence-corrected chi connectivity index (χ1v) is 11.5. The Kier molecular flexibility index (Phi) is 6.02. The lowest BCUT2D eigenvalue weighted by atomic mass is 9.63. The number of aromatic carboxylic acids is 1. The van der Waals surface area contributed by atoms with Gasteiger partial charge in [0.05, 0.1) is 16.6 Å². The summed E-state index contributed by atoms with van der Waals surface area (Å²) in [7, 11) is 0. The van der Waals surface area contributed by atoms with Gasteiger partial charge in [0.25, 0.3) is 0 Å². The van der Waals surface area contributed by atoms with Gasteiger partial charge in [0.1, 0.15) is 5.75 Å². The largest absolute Gasteiger partial charge is 0.573 e. The Bertz CT molecular complexity index is 1240. The maximum Gasteiger partial charge on any atom is 0.573 e. The van der Waals surface area contributed by atoms with Gasteiger partial charge in [-0.1, -0.05) is 27.7 Å². The lowest BCUT2D eigenvalue weighted by Gasteiger charge is -2.45. The molecule has 2 N–H and O–H groups in total. The molecule has 1 fully saturated rings. The number of anilines is 2. The molecule has 0 radical (unpaired) electrons. The number of hydrogen-bond donors (Lipinski definition) is 2. The smallest absolute Gasteiger partial charge is 0.478 e. The van der Waals surface area contributed by atoms with Crippen molar-refractivity contribution in [3.8, 4) is 5.75 Å². The number of carbonyl (C=O) groups is 1. The van der Waals surface area contributed by atoms with E-state index in [-0.39, 0.29) is 28.2 Å². The van der Waals surface area contributed by atoms with E-state index in [1.165, 1.54) is 24.3 Å². The van der Waals surface area contributed by atoms with Crippen molar-refractivity contribution in [3.63, 3.8) is 0 Å². The molecule has 9 heteroatoms. The quantitative estimate of drug-likeness (QED) is 0.389. The summed E-state index contributed by atoms with van der Waals surface area (Å²) in [5.74, 6) is -0.809. The molecule has 1 aliphatic rings. The van der Waals surface area contributed by atoms with E-state index in [2.05, 4.69) is 42.3 Å². The van der Waals surface area contributed by atoms with Gasteiger partial charge in [-0.05, 0) is 79.0 Å². The monoisotopic (exact) mass is 489 g/mol. The number of benzene rings is 2. The molecule has 0 unspecified atom stereocenters. The van der Waals surface area contributed by atoms with E-state index in [1.54, 1.807) is 19.1 Å². The third-order valence-electron chi connectivity index (χ3n) is 6.59. The number of rotatable bonds is 5. The maximum absolute atomic E-state index is 12.5. The van der Waals surface area contributed by atoms with E-state index >= 15 is 0 Å². The predicted octanol–water partition coefficient (Wildman–Crippen LogP) is 7.46. The molecular weight excluding hydrogens is 459 g/mol. The normalized spacial score (nSPS) is 17.9. The molecule has 4 rings (SSSR count). The number of carboxylic acid groups (broad SMARTS) is 1. The van der Waals surface area contributed by atoms with Crippen LogP contribution in [-0.4, -0.2) is 27.0 Å². The molecule has 0 saturated heterocycles. The average molecular weight is 490 g/mol. The molecule has 1 saturated carbocycles. The highest BCUT2D eigenvalue weighted by atomic mass is 19.4. The number of imidazole rings is 1. The molecule has 35 heavy (non-hydrogen) atoms. The van der Waals surface area contributed by atoms with Crippen LogP contribution in [0.2, 0.25) is 0 Å². The lowest BCUT2D eigenvalue weighted by molar-refractivity contribution is -0.274. The van der Waals surface area contributed by atoms with Crippen LogP contribution in [0.15, 0.2) is 36.4 Å². The number of halogens is 3. The Morgan fingerprint density at radius 3 is 2.23 bits per heavy atom. The predicted molar refractivity (Wildman–Crippen MR) is 128 cm³/mol. The second kappa shape index (κ2) is 8.46. The molecule has 0 atom stereocenters. The number of nitrogens with one attached hydrogen (secondary N) is 1. The molecule has 2 aromatic carbocycles. The van der Waals surface area contributed by atoms with Crippen LogP contribution in [0.5, 0.6) is 5.75 Å². The molecule has 0 spiro atoms. The van der Waals surface area contributed by atoms with E-state index in [0.717, 1.165) is 24.8 Å². The van der Waals surface area contributed by atoms with Crippen LogP contribution in [0.1, 0.15) is 68.9 Å². The first kappa shape index (κ1) is 24.9. The lowest BCUT2D eigenvalue weighted by Crippen LogP contribution is -2.35. The standard InChI is InChI=1S/C26H30F3N3O3/c1-15-19(22(33)34)10-11-20-21(15)31-23(30-16-6-8-18(9-7-16)35-26(27,28)29)32(20)17-12-24(2,3)14-25(4,5)13-17/h6-11,17H,12-14H2,1-5H3,(H,30,31)(H,33,34). The van der Waals surface area contributed by atoms with Crippen LogP contribution < -0.4 is 10.1 Å². The summed E-state index contributed by atoms with van der Waals surface area (Å²) in [5.41, 5.74) is 2.89. The Balaban J connectivity index is 1.80. The minimum Gasteiger partial charge on any atom is -0.478 e. The molecule has 3 aromatic rings. The fourth-order valence-corrected chi connectivity index (χ4v) is 5.82. The first-order valence-electron chi connectivity index (χ1n) is 11.5. The van der Waals surface area contributed by atoms with Crippen molar-refractivity contribution in [1.29, 1.82) is 0 Å². The molecule has 0 bridgehead atoms. The summed E-state index contributed by atoms with van der Waals surface area (Å²) in [6.07, 6.45) is -1.86. The van der Waals surface area contributed by atoms with Gasteiger partial charge in [0.2, 0.25) is 5.95 Å². The molecule has 188 valence electrons. The highest BCUT2D eigenvalue weighted by Gasteiger charge is 2.40. The fraction of sp³-hybridized carbons (Fsp3) is 0.462. The topological polar surface area (TPSA) is 76.4 Å². The molecular formula is C26H30F3N3O3. The van der Waals surface area contributed by atoms with Crippen molar-refractivity contribution < 1.29 is 27.8 Å². The summed E-state index contributed by atoms with van der Waals surface area (Å²) < 4.78 is 43.7. The minimum absolute atomic E-state index is 0.0902. The van der Waals surface area contributed by atoms with Crippen molar-refractivity contribution in [2.75, 3.05) is 5.32 Å². The van der Waals surface area contributed by atoms with Crippen molar-refractivity contribution >= 4 is 28.6 Å². The van der Waals surface area contributed by atoms with E-state index in [9.17, 15) is 23.1 Å². The van der Waals surface area contributed by atoms with Crippen molar-refractivity contribution in [1.82, 2.24) is 9.55 Å². The summed E-state index contributed by atoms with van der Waals surface area (Å²) in [6, 6.07) is 8.96. The van der Waals surface area contributed by atoms with Gasteiger partial charge in [-0.25, -0.2) is 9.78 Å². The van der Waals surface area contributed by atoms with Gasteiger partial charge < -0.3 is 19.7 Å². The summed E-state index contributed by atoms with van der Waals surface area (Å²) in [6.45, 7) is 10.7. The Morgan fingerprint density at radius 1 is 1.09 bits per heavy atom. The molecule has 0 aliphatic heterocycles. The van der Waals surface area contributed by atoms with Crippen LogP contribution in [0, 0.1) is 17.8 Å². The Hall–Kier alpha value is -3.23. The Morgan fingerprint density at radius 2 is 1.69 bits per heavy atom. The first-order chi connectivity index (χ1) is 16.1. The van der Waals surface area contributed by atoms with Crippen LogP contribution in [0.3, 0.4) is 0 Å². The van der Waals surface area contributed by atoms with Gasteiger partial charge in [0, 0.05) is 11.7 Å². The molecule has 6 nitrogen and oxygen atoms in total. The van der Waals surface area contributed by atoms with Gasteiger partial charge in [-0.15, -0.1) is 13.2 Å². The number of fused-ring (bicyclic) bond motifs is 1. The highest BCUT2D eigenvalue weighted by molar-refractivity contribution is 5.96. The van der Waals surface area contributed by atoms with Crippen LogP contribution in [-0.2, 0) is 0 Å². The number of nitrogens with zero attached hydrogens (tertiary/aromatic N) is 2. The van der Waals surface area contributed by atoms with Gasteiger partial charge in [-0.2, -0.15) is 0 Å². The molecule has 1 heterocycles. The average Bonchev–Trinajstić information content (AvgIpc) is 3.05. The highest BCUT2D eigenvalue weighted by Crippen LogP contribution is 2.51. The summed E-state index contributed by atoms with van der Waals surface area (Å²) in [5, 5.41) is 12.8. The van der Waals surface area contributed by atoms with Crippen LogP contribution >= 0.6 is 0 Å². The van der Waals surface area contributed by atoms with Crippen molar-refractivity contribution in [3.05, 3.63) is 47.5 Å². The number of alkyl halides is 3. The zero-order valence-corrected chi connectivity index (χ0v) is 20.5. The maximum atomic E-state index is 12.5. The number of ether oxygens (including phenoxy) is 1. The van der Waals surface area contributed by atoms with E-state index in [0.29, 0.717) is 22.7 Å². The van der Waals surface area contributed by atoms with Crippen molar-refractivity contribution in [2.24, 2.45) is 10.8 Å². The van der Waals surface area contributed by atoms with E-state index < -0.39 is 12.3 Å². The van der Waals surface area contributed by atoms with Gasteiger partial charge in [0.15, 0.2) is 0 Å². The number of hydrogen-bond acceptors (Lipinski definition) is 4. The van der Waals surface area contributed by atoms with Crippen LogP contribution in [0.4, 0.5) is 24.8 Å². The Labute approximate surface area is 202 Å². The second-order valence-corrected chi connectivity index (χ2v) is 11.0. The summed E-state index contributed by atoms with van der Waals surface area (Å²) >= 11 is 0. The third kappa shape index (κ3) is 5.39. The van der Waals surface area contributed by atoms with Crippen LogP contribution in [0.25, 0.3) is 11.0 Å². The third-order valence-corrected chi connectivity index (χ3v) is 6.59. The second-order valence-electron chi connectivity index (χ2n) is 11.0. The number of aromatic nitrogens is 2. The zero-order chi connectivity index (χ0) is 25.8. The van der Waals surface area contributed by atoms with Crippen molar-refractivity contribution in [2.45, 2.75) is 66.3 Å². The van der Waals surface area contributed by atoms with E-state index in [1.807, 2.05) is 0 Å². The summed E-state index contributed by atoms with van der Waals surface area (Å²) in [4.78, 5) is 16.5. The van der Waals surface area contributed by atoms with Gasteiger partial charge >= 0.3 is 12.3 Å².